The first-order valence-electron chi connectivity index (χ1n) is 8.69. The van der Waals surface area contributed by atoms with E-state index in [1.165, 1.54) is 12.1 Å². The van der Waals surface area contributed by atoms with Gasteiger partial charge in [0.1, 0.15) is 11.6 Å². The molecule has 1 atom stereocenters. The Labute approximate surface area is 149 Å². The minimum absolute atomic E-state index is 0.306. The van der Waals surface area contributed by atoms with Crippen molar-refractivity contribution in [1.29, 1.82) is 0 Å². The first-order valence-corrected chi connectivity index (χ1v) is 8.69. The van der Waals surface area contributed by atoms with Crippen molar-refractivity contribution >= 4 is 22.7 Å². The van der Waals surface area contributed by atoms with Crippen LogP contribution in [-0.4, -0.2) is 33.1 Å². The van der Waals surface area contributed by atoms with Gasteiger partial charge in [-0.25, -0.2) is 9.37 Å². The summed E-state index contributed by atoms with van der Waals surface area (Å²) in [4.78, 5) is 34.6. The Hall–Kier alpha value is -3.02. The number of fused-ring (bicyclic) bond motifs is 1. The van der Waals surface area contributed by atoms with Gasteiger partial charge in [-0.05, 0) is 37.5 Å². The number of nitrogens with zero attached hydrogens (tertiary/aromatic N) is 2. The number of hydrogen-bond donors (Lipinski definition) is 1. The molecule has 6 heteroatoms. The van der Waals surface area contributed by atoms with E-state index in [0.29, 0.717) is 29.0 Å². The van der Waals surface area contributed by atoms with Gasteiger partial charge in [0.15, 0.2) is 0 Å². The predicted octanol–water partition coefficient (Wildman–Crippen LogP) is 3.64. The molecule has 3 aromatic rings. The maximum absolute atomic E-state index is 13.4. The summed E-state index contributed by atoms with van der Waals surface area (Å²) in [6.45, 7) is 0.507. The SMILES string of the molecule is O=C(C(=O)N1CCCCC1c1nc2ccc(F)cc2[nH]1)c1ccccc1. The van der Waals surface area contributed by atoms with Crippen LogP contribution in [0, 0.1) is 5.82 Å². The standard InChI is InChI=1S/C20H18FN3O2/c21-14-9-10-15-16(12-14)23-19(22-15)17-8-4-5-11-24(17)20(26)18(25)13-6-2-1-3-7-13/h1-3,6-7,9-10,12,17H,4-5,8,11H2,(H,22,23). The Kier molecular flexibility index (Phi) is 4.24. The molecule has 2 aromatic carbocycles. The molecule has 1 aromatic heterocycles. The van der Waals surface area contributed by atoms with Crippen molar-refractivity contribution < 1.29 is 14.0 Å². The van der Waals surface area contributed by atoms with Gasteiger partial charge >= 0.3 is 0 Å². The number of H-pyrrole nitrogens is 1. The Balaban J connectivity index is 1.65. The highest BCUT2D eigenvalue weighted by Gasteiger charge is 2.33. The van der Waals surface area contributed by atoms with Crippen molar-refractivity contribution in [3.63, 3.8) is 0 Å². The maximum atomic E-state index is 13.4. The molecule has 4 rings (SSSR count). The fourth-order valence-electron chi connectivity index (χ4n) is 3.46. The molecule has 0 bridgehead atoms. The minimum Gasteiger partial charge on any atom is -0.340 e. The normalized spacial score (nSPS) is 17.4. The minimum atomic E-state index is -0.521. The number of carbonyl (C=O) groups excluding carboxylic acids is 2. The molecule has 1 aliphatic rings. The van der Waals surface area contributed by atoms with Gasteiger partial charge in [-0.15, -0.1) is 0 Å². The van der Waals surface area contributed by atoms with Gasteiger partial charge < -0.3 is 9.88 Å². The lowest BCUT2D eigenvalue weighted by Gasteiger charge is -2.34. The largest absolute Gasteiger partial charge is 0.340 e. The van der Waals surface area contributed by atoms with Crippen LogP contribution in [0.3, 0.4) is 0 Å². The van der Waals surface area contributed by atoms with Gasteiger partial charge in [0, 0.05) is 12.1 Å². The molecule has 0 saturated carbocycles. The van der Waals surface area contributed by atoms with E-state index < -0.39 is 11.7 Å². The second kappa shape index (κ2) is 6.71. The zero-order valence-corrected chi connectivity index (χ0v) is 14.1. The summed E-state index contributed by atoms with van der Waals surface area (Å²) in [5, 5.41) is 0. The molecule has 1 amide bonds. The van der Waals surface area contributed by atoms with Crippen LogP contribution in [-0.2, 0) is 4.79 Å². The van der Waals surface area contributed by atoms with E-state index in [2.05, 4.69) is 9.97 Å². The number of nitrogens with one attached hydrogen (secondary N) is 1. The van der Waals surface area contributed by atoms with E-state index in [9.17, 15) is 14.0 Å². The fraction of sp³-hybridized carbons (Fsp3) is 0.250. The van der Waals surface area contributed by atoms with Gasteiger partial charge in [-0.1, -0.05) is 30.3 Å². The molecule has 2 heterocycles. The Morgan fingerprint density at radius 3 is 2.73 bits per heavy atom. The number of ketones is 1. The van der Waals surface area contributed by atoms with Crippen molar-refractivity contribution in [2.75, 3.05) is 6.54 Å². The fourth-order valence-corrected chi connectivity index (χ4v) is 3.46. The first-order chi connectivity index (χ1) is 12.6. The lowest BCUT2D eigenvalue weighted by atomic mass is 10.00. The van der Waals surface area contributed by atoms with Gasteiger partial charge in [0.05, 0.1) is 17.1 Å². The van der Waals surface area contributed by atoms with E-state index in [-0.39, 0.29) is 11.9 Å². The van der Waals surface area contributed by atoms with Gasteiger partial charge in [-0.3, -0.25) is 9.59 Å². The summed E-state index contributed by atoms with van der Waals surface area (Å²) in [5.74, 6) is -0.782. The smallest absolute Gasteiger partial charge is 0.295 e. The van der Waals surface area contributed by atoms with Crippen LogP contribution in [0.4, 0.5) is 4.39 Å². The molecular formula is C20H18FN3O2. The quantitative estimate of drug-likeness (QED) is 0.579. The van der Waals surface area contributed by atoms with Crippen LogP contribution in [0.5, 0.6) is 0 Å². The third-order valence-electron chi connectivity index (χ3n) is 4.77. The molecule has 0 aliphatic carbocycles. The predicted molar refractivity (Wildman–Crippen MR) is 95.1 cm³/mol. The van der Waals surface area contributed by atoms with Crippen molar-refractivity contribution in [1.82, 2.24) is 14.9 Å². The number of carbonyl (C=O) groups is 2. The van der Waals surface area contributed by atoms with Crippen molar-refractivity contribution in [3.05, 3.63) is 65.7 Å². The van der Waals surface area contributed by atoms with Gasteiger partial charge in [0.25, 0.3) is 5.91 Å². The number of piperidine rings is 1. The molecule has 1 N–H and O–H groups in total. The summed E-state index contributed by atoms with van der Waals surface area (Å²) >= 11 is 0. The molecule has 0 spiro atoms. The number of aromatic amines is 1. The average Bonchev–Trinajstić information content (AvgIpc) is 3.10. The van der Waals surface area contributed by atoms with Crippen molar-refractivity contribution in [3.8, 4) is 0 Å². The lowest BCUT2D eigenvalue weighted by molar-refractivity contribution is -0.130. The number of amides is 1. The molecule has 132 valence electrons. The van der Waals surface area contributed by atoms with Crippen LogP contribution in [0.1, 0.15) is 41.5 Å². The second-order valence-corrected chi connectivity index (χ2v) is 6.49. The van der Waals surface area contributed by atoms with Gasteiger partial charge in [-0.2, -0.15) is 0 Å². The van der Waals surface area contributed by atoms with E-state index in [0.717, 1.165) is 19.3 Å². The van der Waals surface area contributed by atoms with Crippen molar-refractivity contribution in [2.24, 2.45) is 0 Å². The highest BCUT2D eigenvalue weighted by Crippen LogP contribution is 2.31. The van der Waals surface area contributed by atoms with Crippen LogP contribution in [0.2, 0.25) is 0 Å². The Morgan fingerprint density at radius 1 is 1.12 bits per heavy atom. The van der Waals surface area contributed by atoms with Crippen LogP contribution >= 0.6 is 0 Å². The third kappa shape index (κ3) is 2.98. The van der Waals surface area contributed by atoms with Crippen LogP contribution in [0.15, 0.2) is 48.5 Å². The topological polar surface area (TPSA) is 66.1 Å². The zero-order chi connectivity index (χ0) is 18.1. The van der Waals surface area contributed by atoms with E-state index in [4.69, 9.17) is 0 Å². The van der Waals surface area contributed by atoms with Crippen LogP contribution in [0.25, 0.3) is 11.0 Å². The third-order valence-corrected chi connectivity index (χ3v) is 4.77. The molecular weight excluding hydrogens is 333 g/mol. The summed E-state index contributed by atoms with van der Waals surface area (Å²) in [6, 6.07) is 12.6. The molecule has 1 aliphatic heterocycles. The summed E-state index contributed by atoms with van der Waals surface area (Å²) in [7, 11) is 0. The number of likely N-dealkylation sites (tertiary alicyclic amines) is 1. The maximum Gasteiger partial charge on any atom is 0.295 e. The van der Waals surface area contributed by atoms with E-state index in [1.807, 2.05) is 0 Å². The highest BCUT2D eigenvalue weighted by molar-refractivity contribution is 6.42. The number of aromatic nitrogens is 2. The van der Waals surface area contributed by atoms with E-state index >= 15 is 0 Å². The molecule has 1 fully saturated rings. The van der Waals surface area contributed by atoms with E-state index in [1.54, 1.807) is 41.3 Å². The van der Waals surface area contributed by atoms with Crippen molar-refractivity contribution in [2.45, 2.75) is 25.3 Å². The number of benzene rings is 2. The molecule has 0 radical (unpaired) electrons. The molecule has 1 saturated heterocycles. The lowest BCUT2D eigenvalue weighted by Crippen LogP contribution is -2.42. The number of rotatable bonds is 3. The Morgan fingerprint density at radius 2 is 1.92 bits per heavy atom. The monoisotopic (exact) mass is 351 g/mol. The summed E-state index contributed by atoms with van der Waals surface area (Å²) in [5.41, 5.74) is 1.62. The number of Topliss-reactive ketones (excluding diaryl/α,β-unsaturated/α-hetero) is 1. The first kappa shape index (κ1) is 16.4. The zero-order valence-electron chi connectivity index (χ0n) is 14.1. The Bertz CT molecular complexity index is 968. The average molecular weight is 351 g/mol. The number of hydrogen-bond acceptors (Lipinski definition) is 3. The second-order valence-electron chi connectivity index (χ2n) is 6.49. The molecule has 1 unspecified atom stereocenters. The summed E-state index contributed by atoms with van der Waals surface area (Å²) < 4.78 is 13.4. The van der Waals surface area contributed by atoms with Crippen LogP contribution < -0.4 is 0 Å². The number of imidazole rings is 1. The van der Waals surface area contributed by atoms with Gasteiger partial charge in [0.2, 0.25) is 5.78 Å². The molecule has 26 heavy (non-hydrogen) atoms. The number of halogens is 1. The summed E-state index contributed by atoms with van der Waals surface area (Å²) in [6.07, 6.45) is 2.51. The highest BCUT2D eigenvalue weighted by atomic mass is 19.1. The molecule has 5 nitrogen and oxygen atoms in total.